The van der Waals surface area contributed by atoms with Gasteiger partial charge in [-0.15, -0.1) is 0 Å². The highest BCUT2D eigenvalue weighted by molar-refractivity contribution is 6.35. The Labute approximate surface area is 105 Å². The quantitative estimate of drug-likeness (QED) is 0.439. The van der Waals surface area contributed by atoms with E-state index in [1.54, 1.807) is 18.2 Å². The first kappa shape index (κ1) is 13.4. The Morgan fingerprint density at radius 2 is 2.12 bits per heavy atom. The fraction of sp³-hybridized carbons (Fsp3) is 0.0714. The summed E-state index contributed by atoms with van der Waals surface area (Å²) in [5, 5.41) is 0.297. The lowest BCUT2D eigenvalue weighted by atomic mass is 10.0. The number of allylic oxidation sites excluding steroid dienone is 4. The third kappa shape index (κ3) is 3.14. The molecule has 0 saturated carbocycles. The lowest BCUT2D eigenvalue weighted by Crippen LogP contribution is -2.04. The summed E-state index contributed by atoms with van der Waals surface area (Å²) in [6.07, 6.45) is 2.61. The smallest absolute Gasteiger partial charge is 0.197 e. The van der Waals surface area contributed by atoms with Gasteiger partial charge in [0.05, 0.1) is 10.6 Å². The maximum absolute atomic E-state index is 13.1. The van der Waals surface area contributed by atoms with Crippen molar-refractivity contribution in [3.05, 3.63) is 71.1 Å². The van der Waals surface area contributed by atoms with Gasteiger partial charge >= 0.3 is 0 Å². The Bertz CT molecular complexity index is 515. The molecule has 0 aliphatic heterocycles. The molecule has 1 aromatic carbocycles. The van der Waals surface area contributed by atoms with Crippen LogP contribution in [0, 0.1) is 6.92 Å². The monoisotopic (exact) mass is 250 g/mol. The van der Waals surface area contributed by atoms with Crippen LogP contribution in [0.1, 0.15) is 15.9 Å². The van der Waals surface area contributed by atoms with E-state index in [0.717, 1.165) is 5.56 Å². The van der Waals surface area contributed by atoms with E-state index in [1.807, 2.05) is 6.92 Å². The summed E-state index contributed by atoms with van der Waals surface area (Å²) < 4.78 is 13.1. The van der Waals surface area contributed by atoms with Gasteiger partial charge in [-0.1, -0.05) is 36.9 Å². The number of ketones is 1. The molecule has 0 aromatic heterocycles. The molecule has 0 unspecified atom stereocenters. The van der Waals surface area contributed by atoms with Crippen LogP contribution in [0.3, 0.4) is 0 Å². The van der Waals surface area contributed by atoms with Gasteiger partial charge in [-0.3, -0.25) is 4.79 Å². The zero-order valence-electron chi connectivity index (χ0n) is 9.47. The number of carbonyl (C=O) groups excluding carboxylic acids is 1. The van der Waals surface area contributed by atoms with Crippen molar-refractivity contribution in [3.63, 3.8) is 0 Å². The molecule has 0 radical (unpaired) electrons. The predicted molar refractivity (Wildman–Crippen MR) is 69.0 cm³/mol. The fourth-order valence-corrected chi connectivity index (χ4v) is 1.68. The molecule has 17 heavy (non-hydrogen) atoms. The molecule has 0 fully saturated rings. The van der Waals surface area contributed by atoms with Gasteiger partial charge < -0.3 is 0 Å². The van der Waals surface area contributed by atoms with Gasteiger partial charge in [0.25, 0.3) is 0 Å². The maximum atomic E-state index is 13.1. The molecule has 1 rings (SSSR count). The van der Waals surface area contributed by atoms with E-state index in [0.29, 0.717) is 5.02 Å². The highest BCUT2D eigenvalue weighted by Crippen LogP contribution is 2.23. The molecular weight excluding hydrogens is 239 g/mol. The van der Waals surface area contributed by atoms with Crippen LogP contribution in [-0.4, -0.2) is 5.78 Å². The number of hydrogen-bond donors (Lipinski definition) is 0. The maximum Gasteiger partial charge on any atom is 0.197 e. The number of aryl methyl sites for hydroxylation is 1. The molecule has 1 aromatic rings. The minimum atomic E-state index is -0.799. The standard InChI is InChI=1S/C14H12ClFO/c1-4-5-11(10(3)16)14(17)12-7-6-9(2)8-13(12)15/h4-8H,1,3H2,2H3/b11-5+. The predicted octanol–water partition coefficient (Wildman–Crippen LogP) is 4.43. The van der Waals surface area contributed by atoms with Crippen molar-refractivity contribution < 1.29 is 9.18 Å². The van der Waals surface area contributed by atoms with Crippen molar-refractivity contribution in [1.29, 1.82) is 0 Å². The summed E-state index contributed by atoms with van der Waals surface area (Å²) in [4.78, 5) is 12.0. The van der Waals surface area contributed by atoms with Crippen LogP contribution in [0.2, 0.25) is 5.02 Å². The van der Waals surface area contributed by atoms with Crippen LogP contribution in [-0.2, 0) is 0 Å². The van der Waals surface area contributed by atoms with Gasteiger partial charge in [0.1, 0.15) is 5.83 Å². The molecule has 0 aliphatic rings. The van der Waals surface area contributed by atoms with Gasteiger partial charge in [0, 0.05) is 5.56 Å². The van der Waals surface area contributed by atoms with E-state index in [-0.39, 0.29) is 11.1 Å². The number of Topliss-reactive ketones (excluding diaryl/α,β-unsaturated/α-hetero) is 1. The van der Waals surface area contributed by atoms with Gasteiger partial charge in [0.2, 0.25) is 0 Å². The molecular formula is C14H12ClFO. The Kier molecular flexibility index (Phi) is 4.41. The fourth-order valence-electron chi connectivity index (χ4n) is 1.36. The Morgan fingerprint density at radius 3 is 2.59 bits per heavy atom. The molecule has 0 aliphatic carbocycles. The molecule has 3 heteroatoms. The number of halogens is 2. The summed E-state index contributed by atoms with van der Waals surface area (Å²) in [5.74, 6) is -1.30. The molecule has 88 valence electrons. The van der Waals surface area contributed by atoms with E-state index in [4.69, 9.17) is 11.6 Å². The van der Waals surface area contributed by atoms with Crippen molar-refractivity contribution in [3.8, 4) is 0 Å². The van der Waals surface area contributed by atoms with E-state index >= 15 is 0 Å². The highest BCUT2D eigenvalue weighted by atomic mass is 35.5. The average molecular weight is 251 g/mol. The van der Waals surface area contributed by atoms with Crippen molar-refractivity contribution in [2.75, 3.05) is 0 Å². The van der Waals surface area contributed by atoms with Crippen LogP contribution in [0.15, 0.2) is 54.9 Å². The van der Waals surface area contributed by atoms with Crippen LogP contribution in [0.25, 0.3) is 0 Å². The minimum absolute atomic E-state index is 0.134. The first-order valence-corrected chi connectivity index (χ1v) is 5.33. The summed E-state index contributed by atoms with van der Waals surface area (Å²) in [6, 6.07) is 4.97. The summed E-state index contributed by atoms with van der Waals surface area (Å²) in [6.45, 7) is 8.40. The first-order valence-electron chi connectivity index (χ1n) is 4.95. The molecule has 0 spiro atoms. The number of hydrogen-bond acceptors (Lipinski definition) is 1. The number of benzene rings is 1. The molecule has 1 nitrogen and oxygen atoms in total. The Morgan fingerprint density at radius 1 is 1.47 bits per heavy atom. The van der Waals surface area contributed by atoms with Crippen molar-refractivity contribution >= 4 is 17.4 Å². The minimum Gasteiger partial charge on any atom is -0.288 e. The summed E-state index contributed by atoms with van der Waals surface area (Å²) in [7, 11) is 0. The van der Waals surface area contributed by atoms with Gasteiger partial charge in [-0.2, -0.15) is 0 Å². The van der Waals surface area contributed by atoms with E-state index in [1.165, 1.54) is 12.2 Å². The molecule has 0 bridgehead atoms. The molecule has 0 N–H and O–H groups in total. The highest BCUT2D eigenvalue weighted by Gasteiger charge is 2.17. The third-order valence-electron chi connectivity index (χ3n) is 2.19. The summed E-state index contributed by atoms with van der Waals surface area (Å²) >= 11 is 5.95. The first-order chi connectivity index (χ1) is 7.97. The zero-order valence-corrected chi connectivity index (χ0v) is 10.2. The van der Waals surface area contributed by atoms with Crippen LogP contribution < -0.4 is 0 Å². The van der Waals surface area contributed by atoms with E-state index in [9.17, 15) is 9.18 Å². The molecule has 0 saturated heterocycles. The zero-order chi connectivity index (χ0) is 13.0. The molecule has 0 heterocycles. The molecule has 0 atom stereocenters. The van der Waals surface area contributed by atoms with Gasteiger partial charge in [-0.05, 0) is 30.7 Å². The Hall–Kier alpha value is -1.67. The second kappa shape index (κ2) is 5.60. The van der Waals surface area contributed by atoms with Crippen molar-refractivity contribution in [1.82, 2.24) is 0 Å². The second-order valence-corrected chi connectivity index (χ2v) is 3.94. The lowest BCUT2D eigenvalue weighted by molar-refractivity contribution is 0.103. The van der Waals surface area contributed by atoms with Gasteiger partial charge in [-0.25, -0.2) is 4.39 Å². The van der Waals surface area contributed by atoms with Gasteiger partial charge in [0.15, 0.2) is 5.78 Å². The third-order valence-corrected chi connectivity index (χ3v) is 2.50. The lowest BCUT2D eigenvalue weighted by Gasteiger charge is -2.06. The molecule has 0 amide bonds. The topological polar surface area (TPSA) is 17.1 Å². The largest absolute Gasteiger partial charge is 0.288 e. The van der Waals surface area contributed by atoms with Crippen LogP contribution >= 0.6 is 11.6 Å². The van der Waals surface area contributed by atoms with Crippen LogP contribution in [0.5, 0.6) is 0 Å². The van der Waals surface area contributed by atoms with E-state index < -0.39 is 11.6 Å². The van der Waals surface area contributed by atoms with E-state index in [2.05, 4.69) is 13.2 Å². The second-order valence-electron chi connectivity index (χ2n) is 3.53. The van der Waals surface area contributed by atoms with Crippen molar-refractivity contribution in [2.45, 2.75) is 6.92 Å². The Balaban J connectivity index is 3.24. The summed E-state index contributed by atoms with van der Waals surface area (Å²) in [5.41, 5.74) is 1.05. The van der Waals surface area contributed by atoms with Crippen LogP contribution in [0.4, 0.5) is 4.39 Å². The number of carbonyl (C=O) groups is 1. The number of rotatable bonds is 4. The SMILES string of the molecule is C=C/C=C(\C(=C)F)C(=O)c1ccc(C)cc1Cl. The van der Waals surface area contributed by atoms with Crippen molar-refractivity contribution in [2.24, 2.45) is 0 Å². The normalized spacial score (nSPS) is 11.1. The average Bonchev–Trinajstić information content (AvgIpc) is 2.24.